The molecule has 0 aliphatic rings. The van der Waals surface area contributed by atoms with E-state index in [0.717, 1.165) is 17.3 Å². The van der Waals surface area contributed by atoms with Crippen LogP contribution in [-0.2, 0) is 0 Å². The number of benzene rings is 1. The number of rotatable bonds is 5. The van der Waals surface area contributed by atoms with Crippen LogP contribution in [-0.4, -0.2) is 24.2 Å². The Labute approximate surface area is 135 Å². The van der Waals surface area contributed by atoms with Crippen LogP contribution in [0.3, 0.4) is 0 Å². The fourth-order valence-electron chi connectivity index (χ4n) is 2.28. The predicted octanol–water partition coefficient (Wildman–Crippen LogP) is 3.96. The molecule has 0 atom stereocenters. The predicted molar refractivity (Wildman–Crippen MR) is 89.8 cm³/mol. The van der Waals surface area contributed by atoms with Crippen LogP contribution >= 0.6 is 0 Å². The van der Waals surface area contributed by atoms with Crippen molar-refractivity contribution >= 4 is 17.3 Å². The highest BCUT2D eigenvalue weighted by molar-refractivity contribution is 5.73. The lowest BCUT2D eigenvalue weighted by atomic mass is 10.2. The summed E-state index contributed by atoms with van der Waals surface area (Å²) >= 11 is 0. The van der Waals surface area contributed by atoms with E-state index in [0.29, 0.717) is 11.5 Å². The van der Waals surface area contributed by atoms with Crippen LogP contribution in [0.25, 0.3) is 0 Å². The van der Waals surface area contributed by atoms with Crippen molar-refractivity contribution in [3.63, 3.8) is 0 Å². The Morgan fingerprint density at radius 1 is 0.739 bits per heavy atom. The van der Waals surface area contributed by atoms with E-state index in [-0.39, 0.29) is 0 Å². The molecule has 0 unspecified atom stereocenters. The third-order valence-corrected chi connectivity index (χ3v) is 3.35. The SMILES string of the molecule is COc1cc(OC)cc(N(c2ccccn2)c2ccccn2)c1. The first-order chi connectivity index (χ1) is 11.3. The monoisotopic (exact) mass is 307 g/mol. The molecule has 0 saturated carbocycles. The molecule has 0 radical (unpaired) electrons. The maximum atomic E-state index is 5.37. The third-order valence-electron chi connectivity index (χ3n) is 3.35. The average Bonchev–Trinajstić information content (AvgIpc) is 2.63. The molecule has 5 nitrogen and oxygen atoms in total. The van der Waals surface area contributed by atoms with Crippen molar-refractivity contribution in [3.8, 4) is 11.5 Å². The number of hydrogen-bond acceptors (Lipinski definition) is 5. The number of anilines is 3. The van der Waals surface area contributed by atoms with E-state index in [4.69, 9.17) is 9.47 Å². The lowest BCUT2D eigenvalue weighted by Crippen LogP contribution is -2.13. The molecule has 2 aromatic heterocycles. The molecule has 5 heteroatoms. The van der Waals surface area contributed by atoms with Gasteiger partial charge in [-0.3, -0.25) is 4.90 Å². The van der Waals surface area contributed by atoms with Crippen molar-refractivity contribution in [2.45, 2.75) is 0 Å². The maximum Gasteiger partial charge on any atom is 0.138 e. The number of ether oxygens (including phenoxy) is 2. The van der Waals surface area contributed by atoms with Crippen molar-refractivity contribution in [1.82, 2.24) is 9.97 Å². The van der Waals surface area contributed by atoms with Crippen LogP contribution < -0.4 is 14.4 Å². The minimum Gasteiger partial charge on any atom is -0.497 e. The first-order valence-corrected chi connectivity index (χ1v) is 7.17. The molecule has 1 aromatic carbocycles. The molecule has 0 aliphatic carbocycles. The van der Waals surface area contributed by atoms with Crippen molar-refractivity contribution in [2.24, 2.45) is 0 Å². The highest BCUT2D eigenvalue weighted by atomic mass is 16.5. The van der Waals surface area contributed by atoms with E-state index in [1.54, 1.807) is 26.6 Å². The number of methoxy groups -OCH3 is 2. The van der Waals surface area contributed by atoms with Gasteiger partial charge in [-0.2, -0.15) is 0 Å². The first kappa shape index (κ1) is 14.8. The molecule has 3 rings (SSSR count). The molecule has 0 spiro atoms. The summed E-state index contributed by atoms with van der Waals surface area (Å²) in [5.74, 6) is 2.94. The van der Waals surface area contributed by atoms with Crippen molar-refractivity contribution in [1.29, 1.82) is 0 Å². The van der Waals surface area contributed by atoms with Gasteiger partial charge in [0, 0.05) is 30.6 Å². The van der Waals surface area contributed by atoms with Crippen LogP contribution in [0.15, 0.2) is 67.0 Å². The molecule has 116 valence electrons. The minimum absolute atomic E-state index is 0.705. The summed E-state index contributed by atoms with van der Waals surface area (Å²) in [5.41, 5.74) is 0.860. The fraction of sp³-hybridized carbons (Fsp3) is 0.111. The molecule has 3 aromatic rings. The molecular weight excluding hydrogens is 290 g/mol. The van der Waals surface area contributed by atoms with Gasteiger partial charge in [-0.05, 0) is 24.3 Å². The van der Waals surface area contributed by atoms with Crippen LogP contribution in [0.4, 0.5) is 17.3 Å². The fourth-order valence-corrected chi connectivity index (χ4v) is 2.28. The molecule has 0 bridgehead atoms. The van der Waals surface area contributed by atoms with Crippen LogP contribution in [0, 0.1) is 0 Å². The van der Waals surface area contributed by atoms with Gasteiger partial charge in [-0.15, -0.1) is 0 Å². The Hall–Kier alpha value is -3.08. The molecular formula is C18H17N3O2. The third kappa shape index (κ3) is 3.23. The van der Waals surface area contributed by atoms with Gasteiger partial charge in [-0.25, -0.2) is 9.97 Å². The first-order valence-electron chi connectivity index (χ1n) is 7.17. The molecule has 0 fully saturated rings. The lowest BCUT2D eigenvalue weighted by Gasteiger charge is -2.23. The lowest BCUT2D eigenvalue weighted by molar-refractivity contribution is 0.394. The summed E-state index contributed by atoms with van der Waals surface area (Å²) in [6.07, 6.45) is 3.51. The molecule has 2 heterocycles. The van der Waals surface area contributed by atoms with Crippen molar-refractivity contribution in [2.75, 3.05) is 19.1 Å². The summed E-state index contributed by atoms with van der Waals surface area (Å²) in [6.45, 7) is 0. The largest absolute Gasteiger partial charge is 0.497 e. The van der Waals surface area contributed by atoms with E-state index >= 15 is 0 Å². The Morgan fingerprint density at radius 3 is 1.65 bits per heavy atom. The zero-order valence-corrected chi connectivity index (χ0v) is 13.0. The second-order valence-electron chi connectivity index (χ2n) is 4.78. The van der Waals surface area contributed by atoms with Crippen molar-refractivity contribution < 1.29 is 9.47 Å². The molecule has 23 heavy (non-hydrogen) atoms. The van der Waals surface area contributed by atoms with Gasteiger partial charge < -0.3 is 9.47 Å². The van der Waals surface area contributed by atoms with Crippen LogP contribution in [0.5, 0.6) is 11.5 Å². The number of pyridine rings is 2. The number of hydrogen-bond donors (Lipinski definition) is 0. The molecule has 0 saturated heterocycles. The van der Waals surface area contributed by atoms with E-state index in [2.05, 4.69) is 9.97 Å². The van der Waals surface area contributed by atoms with Gasteiger partial charge in [0.1, 0.15) is 23.1 Å². The van der Waals surface area contributed by atoms with E-state index in [1.165, 1.54) is 0 Å². The normalized spacial score (nSPS) is 10.2. The Morgan fingerprint density at radius 2 is 1.26 bits per heavy atom. The maximum absolute atomic E-state index is 5.37. The Kier molecular flexibility index (Phi) is 4.38. The van der Waals surface area contributed by atoms with E-state index < -0.39 is 0 Å². The summed E-state index contributed by atoms with van der Waals surface area (Å²) in [6, 6.07) is 17.2. The summed E-state index contributed by atoms with van der Waals surface area (Å²) in [5, 5.41) is 0. The highest BCUT2D eigenvalue weighted by Crippen LogP contribution is 2.36. The topological polar surface area (TPSA) is 47.5 Å². The van der Waals surface area contributed by atoms with Gasteiger partial charge in [-0.1, -0.05) is 12.1 Å². The molecule has 0 amide bonds. The molecule has 0 N–H and O–H groups in total. The van der Waals surface area contributed by atoms with Crippen LogP contribution in [0.1, 0.15) is 0 Å². The standard InChI is InChI=1S/C18H17N3O2/c1-22-15-11-14(12-16(13-15)23-2)21(17-7-3-5-9-19-17)18-8-4-6-10-20-18/h3-13H,1-2H3. The quantitative estimate of drug-likeness (QED) is 0.714. The Bertz CT molecular complexity index is 702. The van der Waals surface area contributed by atoms with Gasteiger partial charge in [0.05, 0.1) is 19.9 Å². The number of nitrogens with zero attached hydrogens (tertiary/aromatic N) is 3. The highest BCUT2D eigenvalue weighted by Gasteiger charge is 2.16. The number of aromatic nitrogens is 2. The van der Waals surface area contributed by atoms with E-state index in [1.807, 2.05) is 59.5 Å². The second-order valence-corrected chi connectivity index (χ2v) is 4.78. The minimum atomic E-state index is 0.705. The van der Waals surface area contributed by atoms with Crippen LogP contribution in [0.2, 0.25) is 0 Å². The second kappa shape index (κ2) is 6.79. The average molecular weight is 307 g/mol. The van der Waals surface area contributed by atoms with Gasteiger partial charge in [0.15, 0.2) is 0 Å². The zero-order chi connectivity index (χ0) is 16.1. The van der Waals surface area contributed by atoms with Gasteiger partial charge in [0.25, 0.3) is 0 Å². The Balaban J connectivity index is 2.16. The van der Waals surface area contributed by atoms with Gasteiger partial charge >= 0.3 is 0 Å². The van der Waals surface area contributed by atoms with Crippen molar-refractivity contribution in [3.05, 3.63) is 67.0 Å². The smallest absolute Gasteiger partial charge is 0.138 e. The summed E-state index contributed by atoms with van der Waals surface area (Å²) < 4.78 is 10.7. The zero-order valence-electron chi connectivity index (χ0n) is 13.0. The molecule has 0 aliphatic heterocycles. The summed E-state index contributed by atoms with van der Waals surface area (Å²) in [7, 11) is 3.26. The summed E-state index contributed by atoms with van der Waals surface area (Å²) in [4.78, 5) is 10.8. The van der Waals surface area contributed by atoms with E-state index in [9.17, 15) is 0 Å². The van der Waals surface area contributed by atoms with Gasteiger partial charge in [0.2, 0.25) is 0 Å².